The number of hydrogen-bond acceptors (Lipinski definition) is 2. The maximum atomic E-state index is 13.6. The smallest absolute Gasteiger partial charge is 0.268 e. The van der Waals surface area contributed by atoms with Gasteiger partial charge in [0.1, 0.15) is 11.5 Å². The summed E-state index contributed by atoms with van der Waals surface area (Å²) >= 11 is 0. The number of hydrogen-bond donors (Lipinski definition) is 1. The summed E-state index contributed by atoms with van der Waals surface area (Å²) in [5, 5.41) is 3.36. The molecule has 0 bridgehead atoms. The van der Waals surface area contributed by atoms with Gasteiger partial charge in [0.15, 0.2) is 0 Å². The summed E-state index contributed by atoms with van der Waals surface area (Å²) in [4.78, 5) is 16.1. The number of nitrogens with one attached hydrogen (secondary N) is 1. The minimum absolute atomic E-state index is 0.0375. The Kier molecular flexibility index (Phi) is 6.82. The van der Waals surface area contributed by atoms with Crippen LogP contribution in [0.15, 0.2) is 54.6 Å². The third kappa shape index (κ3) is 4.95. The number of carbonyl (C=O) groups excluding carboxylic acids is 1. The van der Waals surface area contributed by atoms with Crippen molar-refractivity contribution in [3.05, 3.63) is 94.1 Å². The average Bonchev–Trinajstić information content (AvgIpc) is 3.14. The van der Waals surface area contributed by atoms with Crippen LogP contribution in [0.2, 0.25) is 0 Å². The Morgan fingerprint density at radius 3 is 2.35 bits per heavy atom. The van der Waals surface area contributed by atoms with E-state index in [2.05, 4.69) is 52.0 Å². The molecule has 34 heavy (non-hydrogen) atoms. The predicted octanol–water partition coefficient (Wildman–Crippen LogP) is 5.26. The molecule has 3 aromatic rings. The highest BCUT2D eigenvalue weighted by atomic mass is 19.1. The quantitative estimate of drug-likeness (QED) is 0.546. The molecule has 1 amide bonds. The Labute approximate surface area is 201 Å². The van der Waals surface area contributed by atoms with Crippen LogP contribution in [0.5, 0.6) is 0 Å². The van der Waals surface area contributed by atoms with Gasteiger partial charge in [-0.1, -0.05) is 42.5 Å². The number of likely N-dealkylation sites (tertiary alicyclic amines) is 1. The zero-order chi connectivity index (χ0) is 23.5. The van der Waals surface area contributed by atoms with Gasteiger partial charge in [-0.3, -0.25) is 9.69 Å². The van der Waals surface area contributed by atoms with E-state index in [0.29, 0.717) is 6.54 Å². The second kappa shape index (κ2) is 10.1. The van der Waals surface area contributed by atoms with Crippen LogP contribution >= 0.6 is 0 Å². The van der Waals surface area contributed by atoms with E-state index >= 15 is 0 Å². The summed E-state index contributed by atoms with van der Waals surface area (Å²) in [7, 11) is 0. The van der Waals surface area contributed by atoms with Gasteiger partial charge < -0.3 is 9.88 Å². The number of halogens is 1. The second-order valence-corrected chi connectivity index (χ2v) is 9.83. The Morgan fingerprint density at radius 2 is 1.62 bits per heavy atom. The first-order chi connectivity index (χ1) is 16.6. The molecular formula is C29H34FN3O. The van der Waals surface area contributed by atoms with E-state index in [1.165, 1.54) is 35.4 Å². The van der Waals surface area contributed by atoms with Gasteiger partial charge in [-0.2, -0.15) is 0 Å². The largest absolute Gasteiger partial charge is 0.348 e. The summed E-state index contributed by atoms with van der Waals surface area (Å²) in [5.41, 5.74) is 6.91. The van der Waals surface area contributed by atoms with E-state index in [-0.39, 0.29) is 17.8 Å². The van der Waals surface area contributed by atoms with Crippen molar-refractivity contribution in [1.82, 2.24) is 14.8 Å². The van der Waals surface area contributed by atoms with Crippen molar-refractivity contribution in [1.29, 1.82) is 0 Å². The Bertz CT molecular complexity index is 1130. The van der Waals surface area contributed by atoms with E-state index in [0.717, 1.165) is 68.6 Å². The SMILES string of the molecule is Cc1c2c(n(Cc3ccc(F)cc3)c1C(=O)NC1CCN(Cc3ccccc3)CC1)CCCC2. The van der Waals surface area contributed by atoms with Gasteiger partial charge in [-0.25, -0.2) is 4.39 Å². The van der Waals surface area contributed by atoms with Crippen molar-refractivity contribution in [2.45, 2.75) is 64.6 Å². The zero-order valence-electron chi connectivity index (χ0n) is 20.0. The van der Waals surface area contributed by atoms with Crippen molar-refractivity contribution in [2.75, 3.05) is 13.1 Å². The molecule has 0 saturated carbocycles. The van der Waals surface area contributed by atoms with Gasteiger partial charge >= 0.3 is 0 Å². The van der Waals surface area contributed by atoms with Gasteiger partial charge in [-0.05, 0) is 79.8 Å². The van der Waals surface area contributed by atoms with Crippen molar-refractivity contribution in [2.24, 2.45) is 0 Å². The minimum atomic E-state index is -0.231. The van der Waals surface area contributed by atoms with Crippen LogP contribution in [0.4, 0.5) is 4.39 Å². The zero-order valence-corrected chi connectivity index (χ0v) is 20.0. The predicted molar refractivity (Wildman–Crippen MR) is 134 cm³/mol. The first-order valence-electron chi connectivity index (χ1n) is 12.6. The summed E-state index contributed by atoms with van der Waals surface area (Å²) in [6.45, 7) is 5.66. The fourth-order valence-electron chi connectivity index (χ4n) is 5.64. The monoisotopic (exact) mass is 459 g/mol. The first kappa shape index (κ1) is 22.9. The number of aromatic nitrogens is 1. The fraction of sp³-hybridized carbons (Fsp3) is 0.414. The summed E-state index contributed by atoms with van der Waals surface area (Å²) in [6.07, 6.45) is 6.31. The number of benzene rings is 2. The highest BCUT2D eigenvalue weighted by molar-refractivity contribution is 5.95. The summed E-state index contributed by atoms with van der Waals surface area (Å²) < 4.78 is 15.7. The lowest BCUT2D eigenvalue weighted by Gasteiger charge is -2.32. The third-order valence-electron chi connectivity index (χ3n) is 7.48. The molecule has 5 heteroatoms. The highest BCUT2D eigenvalue weighted by Crippen LogP contribution is 2.31. The van der Waals surface area contributed by atoms with E-state index in [9.17, 15) is 9.18 Å². The van der Waals surface area contributed by atoms with Crippen molar-refractivity contribution < 1.29 is 9.18 Å². The van der Waals surface area contributed by atoms with Gasteiger partial charge in [0.05, 0.1) is 0 Å². The van der Waals surface area contributed by atoms with Gasteiger partial charge in [0.25, 0.3) is 5.91 Å². The first-order valence-corrected chi connectivity index (χ1v) is 12.6. The Balaban J connectivity index is 1.29. The average molecular weight is 460 g/mol. The molecule has 2 heterocycles. The van der Waals surface area contributed by atoms with Crippen molar-refractivity contribution in [3.8, 4) is 0 Å². The van der Waals surface area contributed by atoms with Crippen LogP contribution in [0.25, 0.3) is 0 Å². The number of rotatable bonds is 6. The topological polar surface area (TPSA) is 37.3 Å². The minimum Gasteiger partial charge on any atom is -0.348 e. The van der Waals surface area contributed by atoms with Crippen LogP contribution in [0.3, 0.4) is 0 Å². The molecule has 1 aliphatic carbocycles. The molecular weight excluding hydrogens is 425 g/mol. The number of carbonyl (C=O) groups is 1. The van der Waals surface area contributed by atoms with Crippen LogP contribution in [-0.4, -0.2) is 34.5 Å². The van der Waals surface area contributed by atoms with Crippen LogP contribution in [-0.2, 0) is 25.9 Å². The van der Waals surface area contributed by atoms with Crippen molar-refractivity contribution in [3.63, 3.8) is 0 Å². The Hall–Kier alpha value is -2.92. The van der Waals surface area contributed by atoms with Crippen LogP contribution in [0, 0.1) is 12.7 Å². The van der Waals surface area contributed by atoms with E-state index in [1.807, 2.05) is 12.1 Å². The lowest BCUT2D eigenvalue weighted by atomic mass is 9.95. The third-order valence-corrected chi connectivity index (χ3v) is 7.48. The molecule has 5 rings (SSSR count). The Morgan fingerprint density at radius 1 is 0.941 bits per heavy atom. The highest BCUT2D eigenvalue weighted by Gasteiger charge is 2.28. The molecule has 1 N–H and O–H groups in total. The molecule has 0 radical (unpaired) electrons. The van der Waals surface area contributed by atoms with E-state index in [1.54, 1.807) is 0 Å². The van der Waals surface area contributed by atoms with Gasteiger partial charge in [0, 0.05) is 37.9 Å². The molecule has 1 saturated heterocycles. The number of amides is 1. The van der Waals surface area contributed by atoms with Crippen LogP contribution < -0.4 is 5.32 Å². The summed E-state index contributed by atoms with van der Waals surface area (Å²) in [6, 6.07) is 17.4. The molecule has 1 fully saturated rings. The molecule has 0 unspecified atom stereocenters. The summed E-state index contributed by atoms with van der Waals surface area (Å²) in [5.74, 6) is -0.193. The second-order valence-electron chi connectivity index (χ2n) is 9.83. The van der Waals surface area contributed by atoms with E-state index < -0.39 is 0 Å². The fourth-order valence-corrected chi connectivity index (χ4v) is 5.64. The normalized spacial score (nSPS) is 16.9. The molecule has 4 nitrogen and oxygen atoms in total. The maximum absolute atomic E-state index is 13.6. The standard InChI is InChI=1S/C29H34FN3O/c1-21-26-9-5-6-10-27(26)33(20-23-11-13-24(30)14-12-23)28(21)29(34)31-25-15-17-32(18-16-25)19-22-7-3-2-4-8-22/h2-4,7-8,11-14,25H,5-6,9-10,15-20H2,1H3,(H,31,34). The molecule has 0 atom stereocenters. The van der Waals surface area contributed by atoms with Gasteiger partial charge in [-0.15, -0.1) is 0 Å². The van der Waals surface area contributed by atoms with Crippen LogP contribution in [0.1, 0.15) is 64.1 Å². The van der Waals surface area contributed by atoms with Gasteiger partial charge in [0.2, 0.25) is 0 Å². The molecule has 1 aliphatic heterocycles. The molecule has 0 spiro atoms. The molecule has 2 aromatic carbocycles. The number of nitrogens with zero attached hydrogens (tertiary/aromatic N) is 2. The molecule has 2 aliphatic rings. The maximum Gasteiger partial charge on any atom is 0.268 e. The molecule has 178 valence electrons. The molecule has 1 aromatic heterocycles. The number of fused-ring (bicyclic) bond motifs is 1. The lowest BCUT2D eigenvalue weighted by Crippen LogP contribution is -2.45. The number of piperidine rings is 1. The van der Waals surface area contributed by atoms with E-state index in [4.69, 9.17) is 0 Å². The lowest BCUT2D eigenvalue weighted by molar-refractivity contribution is 0.0899. The van der Waals surface area contributed by atoms with Crippen molar-refractivity contribution >= 4 is 5.91 Å².